The van der Waals surface area contributed by atoms with Crippen LogP contribution in [-0.2, 0) is 11.3 Å². The number of ether oxygens (including phenoxy) is 1. The largest absolute Gasteiger partial charge is 0.455 e. The molecule has 3 N–H and O–H groups in total. The first-order valence-corrected chi connectivity index (χ1v) is 5.37. The fourth-order valence-corrected chi connectivity index (χ4v) is 1.43. The monoisotopic (exact) mass is 241 g/mol. The summed E-state index contributed by atoms with van der Waals surface area (Å²) in [6.07, 6.45) is 0. The Morgan fingerprint density at radius 3 is 2.94 bits per heavy atom. The Hall–Kier alpha value is -1.37. The van der Waals surface area contributed by atoms with Gasteiger partial charge < -0.3 is 9.15 Å². The van der Waals surface area contributed by atoms with Crippen molar-refractivity contribution in [2.45, 2.75) is 19.5 Å². The van der Waals surface area contributed by atoms with E-state index in [9.17, 15) is 4.79 Å². The molecule has 1 amide bonds. The van der Waals surface area contributed by atoms with Crippen LogP contribution in [0.1, 0.15) is 23.2 Å². The molecule has 0 bridgehead atoms. The third kappa shape index (κ3) is 3.85. The SMILES string of the molecule is COCC(C)N(C)Cc1ccc(C(=O)NN)o1. The molecule has 0 saturated carbocycles. The van der Waals surface area contributed by atoms with Crippen molar-refractivity contribution in [2.75, 3.05) is 20.8 Å². The molecular formula is C11H19N3O3. The van der Waals surface area contributed by atoms with Crippen LogP contribution in [0, 0.1) is 0 Å². The average Bonchev–Trinajstić information content (AvgIpc) is 2.76. The van der Waals surface area contributed by atoms with Crippen molar-refractivity contribution in [1.82, 2.24) is 10.3 Å². The van der Waals surface area contributed by atoms with Gasteiger partial charge in [-0.25, -0.2) is 5.84 Å². The van der Waals surface area contributed by atoms with Crippen molar-refractivity contribution in [3.63, 3.8) is 0 Å². The summed E-state index contributed by atoms with van der Waals surface area (Å²) in [6.45, 7) is 3.32. The van der Waals surface area contributed by atoms with Crippen LogP contribution in [0.2, 0.25) is 0 Å². The molecule has 0 radical (unpaired) electrons. The smallest absolute Gasteiger partial charge is 0.300 e. The minimum absolute atomic E-state index is 0.218. The third-order valence-electron chi connectivity index (χ3n) is 2.58. The molecule has 1 aromatic heterocycles. The van der Waals surface area contributed by atoms with Crippen LogP contribution in [0.25, 0.3) is 0 Å². The highest BCUT2D eigenvalue weighted by Gasteiger charge is 2.13. The summed E-state index contributed by atoms with van der Waals surface area (Å²) in [4.78, 5) is 13.3. The molecule has 0 aliphatic rings. The summed E-state index contributed by atoms with van der Waals surface area (Å²) < 4.78 is 10.4. The Bertz CT molecular complexity index is 365. The number of nitrogens with two attached hydrogens (primary N) is 1. The van der Waals surface area contributed by atoms with Gasteiger partial charge in [0.15, 0.2) is 5.76 Å². The van der Waals surface area contributed by atoms with E-state index < -0.39 is 5.91 Å². The Kier molecular flexibility index (Phi) is 5.14. The number of methoxy groups -OCH3 is 1. The summed E-state index contributed by atoms with van der Waals surface area (Å²) in [5.41, 5.74) is 2.02. The van der Waals surface area contributed by atoms with Gasteiger partial charge in [0, 0.05) is 13.2 Å². The number of likely N-dealkylation sites (N-methyl/N-ethyl adjacent to an activating group) is 1. The molecule has 0 spiro atoms. The van der Waals surface area contributed by atoms with Crippen molar-refractivity contribution in [2.24, 2.45) is 5.84 Å². The number of hydrazine groups is 1. The Labute approximate surface area is 101 Å². The third-order valence-corrected chi connectivity index (χ3v) is 2.58. The van der Waals surface area contributed by atoms with E-state index in [1.807, 2.05) is 12.5 Å². The molecule has 6 nitrogen and oxygen atoms in total. The van der Waals surface area contributed by atoms with E-state index in [0.717, 1.165) is 0 Å². The lowest BCUT2D eigenvalue weighted by molar-refractivity contribution is 0.0913. The van der Waals surface area contributed by atoms with E-state index in [2.05, 4.69) is 11.8 Å². The number of rotatable bonds is 6. The molecule has 1 aromatic rings. The minimum Gasteiger partial charge on any atom is -0.455 e. The van der Waals surface area contributed by atoms with Gasteiger partial charge >= 0.3 is 5.91 Å². The standard InChI is InChI=1S/C11H19N3O3/c1-8(7-16-3)14(2)6-9-4-5-10(17-9)11(15)13-12/h4-5,8H,6-7,12H2,1-3H3,(H,13,15). The number of nitrogens with one attached hydrogen (secondary N) is 1. The number of carbonyl (C=O) groups excluding carboxylic acids is 1. The van der Waals surface area contributed by atoms with E-state index >= 15 is 0 Å². The second-order valence-corrected chi connectivity index (χ2v) is 3.96. The van der Waals surface area contributed by atoms with Gasteiger partial charge in [-0.3, -0.25) is 15.1 Å². The van der Waals surface area contributed by atoms with Crippen LogP contribution in [0.5, 0.6) is 0 Å². The lowest BCUT2D eigenvalue weighted by Gasteiger charge is -2.22. The van der Waals surface area contributed by atoms with Gasteiger partial charge in [-0.05, 0) is 26.1 Å². The van der Waals surface area contributed by atoms with E-state index in [4.69, 9.17) is 15.0 Å². The Balaban J connectivity index is 2.57. The highest BCUT2D eigenvalue weighted by molar-refractivity contribution is 5.90. The predicted molar refractivity (Wildman–Crippen MR) is 63.2 cm³/mol. The summed E-state index contributed by atoms with van der Waals surface area (Å²) in [7, 11) is 3.63. The molecule has 1 heterocycles. The van der Waals surface area contributed by atoms with Gasteiger partial charge in [-0.15, -0.1) is 0 Å². The zero-order chi connectivity index (χ0) is 12.8. The van der Waals surface area contributed by atoms with E-state index in [-0.39, 0.29) is 11.8 Å². The van der Waals surface area contributed by atoms with Gasteiger partial charge in [0.2, 0.25) is 0 Å². The van der Waals surface area contributed by atoms with Crippen LogP contribution in [0.3, 0.4) is 0 Å². The number of furan rings is 1. The van der Waals surface area contributed by atoms with Crippen molar-refractivity contribution >= 4 is 5.91 Å². The van der Waals surface area contributed by atoms with Crippen LogP contribution < -0.4 is 11.3 Å². The van der Waals surface area contributed by atoms with E-state index in [1.54, 1.807) is 19.2 Å². The van der Waals surface area contributed by atoms with Gasteiger partial charge in [-0.1, -0.05) is 0 Å². The molecule has 0 aliphatic carbocycles. The quantitative estimate of drug-likeness (QED) is 0.427. The Morgan fingerprint density at radius 2 is 2.35 bits per heavy atom. The van der Waals surface area contributed by atoms with Crippen LogP contribution >= 0.6 is 0 Å². The van der Waals surface area contributed by atoms with Crippen molar-refractivity contribution in [1.29, 1.82) is 0 Å². The Morgan fingerprint density at radius 1 is 1.65 bits per heavy atom. The van der Waals surface area contributed by atoms with Crippen molar-refractivity contribution in [3.05, 3.63) is 23.7 Å². The van der Waals surface area contributed by atoms with Crippen molar-refractivity contribution < 1.29 is 13.9 Å². The molecule has 0 fully saturated rings. The zero-order valence-corrected chi connectivity index (χ0v) is 10.4. The van der Waals surface area contributed by atoms with E-state index in [1.165, 1.54) is 0 Å². The maximum atomic E-state index is 11.2. The normalized spacial score (nSPS) is 12.8. The predicted octanol–water partition coefficient (Wildman–Crippen LogP) is 0.350. The second-order valence-electron chi connectivity index (χ2n) is 3.96. The van der Waals surface area contributed by atoms with Gasteiger partial charge in [0.05, 0.1) is 13.2 Å². The first-order valence-electron chi connectivity index (χ1n) is 5.37. The number of carbonyl (C=O) groups is 1. The number of amides is 1. The molecule has 0 aliphatic heterocycles. The van der Waals surface area contributed by atoms with Gasteiger partial charge in [0.25, 0.3) is 0 Å². The number of hydrogen-bond acceptors (Lipinski definition) is 5. The zero-order valence-electron chi connectivity index (χ0n) is 10.4. The molecule has 1 rings (SSSR count). The summed E-state index contributed by atoms with van der Waals surface area (Å²) in [6, 6.07) is 3.64. The lowest BCUT2D eigenvalue weighted by atomic mass is 10.3. The van der Waals surface area contributed by atoms with E-state index in [0.29, 0.717) is 18.9 Å². The first-order chi connectivity index (χ1) is 8.08. The maximum absolute atomic E-state index is 11.2. The average molecular weight is 241 g/mol. The topological polar surface area (TPSA) is 80.7 Å². The fourth-order valence-electron chi connectivity index (χ4n) is 1.43. The number of hydrogen-bond donors (Lipinski definition) is 2. The van der Waals surface area contributed by atoms with Crippen molar-refractivity contribution in [3.8, 4) is 0 Å². The summed E-state index contributed by atoms with van der Waals surface area (Å²) >= 11 is 0. The molecule has 1 atom stereocenters. The summed E-state index contributed by atoms with van der Waals surface area (Å²) in [5, 5.41) is 0. The fraction of sp³-hybridized carbons (Fsp3) is 0.545. The van der Waals surface area contributed by atoms with Gasteiger partial charge in [-0.2, -0.15) is 0 Å². The second kappa shape index (κ2) is 6.39. The molecular weight excluding hydrogens is 222 g/mol. The molecule has 6 heteroatoms. The molecule has 0 saturated heterocycles. The minimum atomic E-state index is -0.427. The molecule has 96 valence electrons. The van der Waals surface area contributed by atoms with Crippen LogP contribution in [0.4, 0.5) is 0 Å². The van der Waals surface area contributed by atoms with Gasteiger partial charge in [0.1, 0.15) is 5.76 Å². The van der Waals surface area contributed by atoms with Crippen LogP contribution in [-0.4, -0.2) is 37.6 Å². The molecule has 1 unspecified atom stereocenters. The summed E-state index contributed by atoms with van der Waals surface area (Å²) in [5.74, 6) is 5.52. The molecule has 17 heavy (non-hydrogen) atoms. The first kappa shape index (κ1) is 13.7. The van der Waals surface area contributed by atoms with Crippen LogP contribution in [0.15, 0.2) is 16.5 Å². The number of nitrogen functional groups attached to an aromatic ring is 1. The highest BCUT2D eigenvalue weighted by atomic mass is 16.5. The highest BCUT2D eigenvalue weighted by Crippen LogP contribution is 2.11. The molecule has 0 aromatic carbocycles. The number of nitrogens with zero attached hydrogens (tertiary/aromatic N) is 1. The maximum Gasteiger partial charge on any atom is 0.300 e. The lowest BCUT2D eigenvalue weighted by Crippen LogP contribution is -2.32.